The lowest BCUT2D eigenvalue weighted by Gasteiger charge is -2.40. The van der Waals surface area contributed by atoms with Gasteiger partial charge in [0.2, 0.25) is 5.91 Å². The molecule has 0 spiro atoms. The minimum absolute atomic E-state index is 0.120. The molecule has 198 valence electrons. The molecule has 1 aliphatic heterocycles. The number of likely N-dealkylation sites (tertiary alicyclic amines) is 1. The predicted molar refractivity (Wildman–Crippen MR) is 154 cm³/mol. The molecule has 3 heterocycles. The predicted octanol–water partition coefficient (Wildman–Crippen LogP) is 5.59. The second-order valence-electron chi connectivity index (χ2n) is 10.9. The van der Waals surface area contributed by atoms with Crippen molar-refractivity contribution in [2.45, 2.75) is 39.2 Å². The van der Waals surface area contributed by atoms with Crippen LogP contribution >= 0.6 is 0 Å². The summed E-state index contributed by atoms with van der Waals surface area (Å²) in [6.07, 6.45) is 7.94. The highest BCUT2D eigenvalue weighted by atomic mass is 16.3. The van der Waals surface area contributed by atoms with Crippen LogP contribution in [0, 0.1) is 11.3 Å². The Kier molecular flexibility index (Phi) is 7.65. The van der Waals surface area contributed by atoms with E-state index >= 15 is 0 Å². The van der Waals surface area contributed by atoms with Gasteiger partial charge in [-0.05, 0) is 72.2 Å². The number of aliphatic hydroxyl groups excluding tert-OH is 1. The number of rotatable bonds is 9. The number of para-hydroxylation sites is 1. The van der Waals surface area contributed by atoms with E-state index in [4.69, 9.17) is 0 Å². The van der Waals surface area contributed by atoms with Crippen LogP contribution in [0.25, 0.3) is 10.9 Å². The minimum Gasteiger partial charge on any atom is -0.396 e. The van der Waals surface area contributed by atoms with Crippen LogP contribution < -0.4 is 10.6 Å². The zero-order chi connectivity index (χ0) is 26.5. The molecule has 1 unspecified atom stereocenters. The van der Waals surface area contributed by atoms with E-state index in [1.54, 1.807) is 12.4 Å². The normalized spacial score (nSPS) is 15.4. The summed E-state index contributed by atoms with van der Waals surface area (Å²) in [5.74, 6) is 0.534. The SMILES string of the molecule is CC(C)(CO)C1CCN(C(=O)C(Cc2c[nH]c3ccccc23)Nc2ccc(Nc3ccncc3)cc2)CC1. The maximum absolute atomic E-state index is 13.9. The summed E-state index contributed by atoms with van der Waals surface area (Å²) in [5.41, 5.74) is 4.92. The zero-order valence-corrected chi connectivity index (χ0v) is 22.2. The summed E-state index contributed by atoms with van der Waals surface area (Å²) in [5, 5.41) is 17.9. The van der Waals surface area contributed by atoms with E-state index in [-0.39, 0.29) is 17.9 Å². The molecule has 4 aromatic rings. The fourth-order valence-corrected chi connectivity index (χ4v) is 5.40. The maximum Gasteiger partial charge on any atom is 0.245 e. The molecule has 0 bridgehead atoms. The van der Waals surface area contributed by atoms with Crippen molar-refractivity contribution >= 4 is 33.9 Å². The fraction of sp³-hybridized carbons (Fsp3) is 0.355. The van der Waals surface area contributed by atoms with Crippen molar-refractivity contribution in [3.63, 3.8) is 0 Å². The molecule has 1 fully saturated rings. The topological polar surface area (TPSA) is 93.3 Å². The summed E-state index contributed by atoms with van der Waals surface area (Å²) < 4.78 is 0. The van der Waals surface area contributed by atoms with Gasteiger partial charge in [0.05, 0.1) is 0 Å². The monoisotopic (exact) mass is 511 g/mol. The van der Waals surface area contributed by atoms with Crippen molar-refractivity contribution in [3.05, 3.63) is 84.8 Å². The third kappa shape index (κ3) is 5.83. The number of H-pyrrole nitrogens is 1. The molecule has 5 rings (SSSR count). The van der Waals surface area contributed by atoms with Gasteiger partial charge in [-0.2, -0.15) is 0 Å². The van der Waals surface area contributed by atoms with Gasteiger partial charge in [0.1, 0.15) is 6.04 Å². The summed E-state index contributed by atoms with van der Waals surface area (Å²) in [6, 6.07) is 19.7. The van der Waals surface area contributed by atoms with E-state index in [0.717, 1.165) is 46.4 Å². The molecular formula is C31H37N5O2. The summed E-state index contributed by atoms with van der Waals surface area (Å²) in [6.45, 7) is 5.83. The van der Waals surface area contributed by atoms with E-state index in [0.29, 0.717) is 25.4 Å². The quantitative estimate of drug-likeness (QED) is 0.235. The van der Waals surface area contributed by atoms with Crippen LogP contribution in [-0.2, 0) is 11.2 Å². The fourth-order valence-electron chi connectivity index (χ4n) is 5.40. The number of fused-ring (bicyclic) bond motifs is 1. The van der Waals surface area contributed by atoms with Gasteiger partial charge in [-0.1, -0.05) is 32.0 Å². The second kappa shape index (κ2) is 11.3. The summed E-state index contributed by atoms with van der Waals surface area (Å²) in [4.78, 5) is 23.3. The highest BCUT2D eigenvalue weighted by molar-refractivity contribution is 5.88. The summed E-state index contributed by atoms with van der Waals surface area (Å²) >= 11 is 0. The summed E-state index contributed by atoms with van der Waals surface area (Å²) in [7, 11) is 0. The van der Waals surface area contributed by atoms with Crippen LogP contribution in [0.2, 0.25) is 0 Å². The first-order valence-electron chi connectivity index (χ1n) is 13.4. The number of hydrogen-bond donors (Lipinski definition) is 4. The number of aliphatic hydroxyl groups is 1. The van der Waals surface area contributed by atoms with Crippen LogP contribution in [-0.4, -0.2) is 51.6 Å². The molecular weight excluding hydrogens is 474 g/mol. The Morgan fingerprint density at radius 1 is 1.03 bits per heavy atom. The van der Waals surface area contributed by atoms with E-state index in [2.05, 4.69) is 46.6 Å². The third-order valence-corrected chi connectivity index (χ3v) is 7.91. The Morgan fingerprint density at radius 3 is 2.39 bits per heavy atom. The largest absolute Gasteiger partial charge is 0.396 e. The molecule has 4 N–H and O–H groups in total. The highest BCUT2D eigenvalue weighted by Gasteiger charge is 2.35. The first-order chi connectivity index (χ1) is 18.4. The number of piperidine rings is 1. The van der Waals surface area contributed by atoms with Gasteiger partial charge >= 0.3 is 0 Å². The number of aromatic amines is 1. The number of anilines is 3. The number of carbonyl (C=O) groups excluding carboxylic acids is 1. The van der Waals surface area contributed by atoms with Crippen molar-refractivity contribution in [2.24, 2.45) is 11.3 Å². The van der Waals surface area contributed by atoms with Crippen molar-refractivity contribution in [1.29, 1.82) is 0 Å². The number of hydrogen-bond acceptors (Lipinski definition) is 5. The van der Waals surface area contributed by atoms with Gasteiger partial charge in [0.25, 0.3) is 0 Å². The van der Waals surface area contributed by atoms with Gasteiger partial charge in [0, 0.05) is 72.7 Å². The molecule has 7 nitrogen and oxygen atoms in total. The molecule has 1 amide bonds. The van der Waals surface area contributed by atoms with Crippen LogP contribution in [0.5, 0.6) is 0 Å². The lowest BCUT2D eigenvalue weighted by molar-refractivity contribution is -0.134. The molecule has 1 aliphatic rings. The molecule has 0 saturated carbocycles. The first-order valence-corrected chi connectivity index (χ1v) is 13.4. The number of benzene rings is 2. The smallest absolute Gasteiger partial charge is 0.245 e. The second-order valence-corrected chi connectivity index (χ2v) is 10.9. The Labute approximate surface area is 224 Å². The molecule has 1 atom stereocenters. The highest BCUT2D eigenvalue weighted by Crippen LogP contribution is 2.35. The molecule has 2 aromatic heterocycles. The van der Waals surface area contributed by atoms with Crippen LogP contribution in [0.1, 0.15) is 32.3 Å². The van der Waals surface area contributed by atoms with Gasteiger partial charge in [-0.15, -0.1) is 0 Å². The maximum atomic E-state index is 13.9. The molecule has 0 aliphatic carbocycles. The van der Waals surface area contributed by atoms with Crippen molar-refractivity contribution < 1.29 is 9.90 Å². The van der Waals surface area contributed by atoms with Crippen LogP contribution in [0.3, 0.4) is 0 Å². The van der Waals surface area contributed by atoms with Crippen molar-refractivity contribution in [1.82, 2.24) is 14.9 Å². The number of nitrogens with zero attached hydrogens (tertiary/aromatic N) is 2. The minimum atomic E-state index is -0.393. The molecule has 38 heavy (non-hydrogen) atoms. The average molecular weight is 512 g/mol. The van der Waals surface area contributed by atoms with Crippen molar-refractivity contribution in [2.75, 3.05) is 30.3 Å². The number of aromatic nitrogens is 2. The van der Waals surface area contributed by atoms with Gasteiger partial charge in [-0.3, -0.25) is 9.78 Å². The van der Waals surface area contributed by atoms with E-state index < -0.39 is 6.04 Å². The molecule has 0 radical (unpaired) electrons. The van der Waals surface area contributed by atoms with Gasteiger partial charge in [0.15, 0.2) is 0 Å². The van der Waals surface area contributed by atoms with E-state index in [9.17, 15) is 9.90 Å². The number of pyridine rings is 1. The van der Waals surface area contributed by atoms with E-state index in [1.165, 1.54) is 0 Å². The molecule has 7 heteroatoms. The lowest BCUT2D eigenvalue weighted by atomic mass is 9.74. The average Bonchev–Trinajstić information content (AvgIpc) is 3.36. The Hall–Kier alpha value is -3.84. The Morgan fingerprint density at radius 2 is 1.68 bits per heavy atom. The molecule has 2 aromatic carbocycles. The zero-order valence-electron chi connectivity index (χ0n) is 22.2. The lowest BCUT2D eigenvalue weighted by Crippen LogP contribution is -2.49. The van der Waals surface area contributed by atoms with Crippen LogP contribution in [0.4, 0.5) is 17.1 Å². The number of amides is 1. The number of nitrogens with one attached hydrogen (secondary N) is 3. The van der Waals surface area contributed by atoms with Gasteiger partial charge < -0.3 is 25.6 Å². The van der Waals surface area contributed by atoms with Crippen molar-refractivity contribution in [3.8, 4) is 0 Å². The Bertz CT molecular complexity index is 1340. The molecule has 1 saturated heterocycles. The van der Waals surface area contributed by atoms with Crippen LogP contribution in [0.15, 0.2) is 79.3 Å². The Balaban J connectivity index is 1.33. The standard InChI is InChI=1S/C31H37N5O2/c1-31(2,21-37)23-13-17-36(18-14-23)30(38)29(19-22-20-33-28-6-4-3-5-27(22)28)35-25-9-7-24(8-10-25)34-26-11-15-32-16-12-26/h3-12,15-16,20,23,29,33,35,37H,13-14,17-19,21H2,1-2H3,(H,32,34). The van der Waals surface area contributed by atoms with E-state index in [1.807, 2.05) is 59.6 Å². The first kappa shape index (κ1) is 25.8. The van der Waals surface area contributed by atoms with Gasteiger partial charge in [-0.25, -0.2) is 0 Å². The third-order valence-electron chi connectivity index (χ3n) is 7.91. The number of carbonyl (C=O) groups is 1.